The summed E-state index contributed by atoms with van der Waals surface area (Å²) in [5, 5.41) is 3.61. The van der Waals surface area contributed by atoms with E-state index in [0.717, 1.165) is 25.6 Å². The molecule has 4 unspecified atom stereocenters. The molecule has 0 aromatic rings. The summed E-state index contributed by atoms with van der Waals surface area (Å²) in [6.45, 7) is 13.6. The Bertz CT molecular complexity index is 210. The summed E-state index contributed by atoms with van der Waals surface area (Å²) in [5.74, 6) is 1.36. The number of rotatable bonds is 6. The molecule has 1 aliphatic heterocycles. The third kappa shape index (κ3) is 4.23. The number of methoxy groups -OCH3 is 1. The van der Waals surface area contributed by atoms with Crippen LogP contribution < -0.4 is 5.32 Å². The van der Waals surface area contributed by atoms with Crippen LogP contribution in [0.25, 0.3) is 0 Å². The number of piperidine rings is 1. The van der Waals surface area contributed by atoms with Crippen LogP contribution in [0.5, 0.6) is 0 Å². The highest BCUT2D eigenvalue weighted by Gasteiger charge is 2.32. The van der Waals surface area contributed by atoms with Gasteiger partial charge >= 0.3 is 0 Å². The van der Waals surface area contributed by atoms with Gasteiger partial charge in [0.05, 0.1) is 0 Å². The van der Waals surface area contributed by atoms with E-state index in [1.165, 1.54) is 13.0 Å². The van der Waals surface area contributed by atoms with Crippen molar-refractivity contribution in [3.05, 3.63) is 0 Å². The molecular formula is C14H30N2O. The maximum absolute atomic E-state index is 5.23. The van der Waals surface area contributed by atoms with Gasteiger partial charge in [0.1, 0.15) is 0 Å². The summed E-state index contributed by atoms with van der Waals surface area (Å²) < 4.78 is 5.23. The number of nitrogens with one attached hydrogen (secondary N) is 1. The van der Waals surface area contributed by atoms with E-state index < -0.39 is 0 Å². The standard InChI is InChI=1S/C14H30N2O/c1-6-15-14-7-8-16(13(4)12(14)3)9-11(2)10-17-5/h11-15H,6-10H2,1-5H3. The summed E-state index contributed by atoms with van der Waals surface area (Å²) in [5.41, 5.74) is 0. The minimum Gasteiger partial charge on any atom is -0.384 e. The molecule has 17 heavy (non-hydrogen) atoms. The van der Waals surface area contributed by atoms with E-state index in [4.69, 9.17) is 4.74 Å². The van der Waals surface area contributed by atoms with E-state index in [1.807, 2.05) is 0 Å². The lowest BCUT2D eigenvalue weighted by molar-refractivity contribution is 0.0550. The lowest BCUT2D eigenvalue weighted by atomic mass is 9.86. The van der Waals surface area contributed by atoms with Crippen LogP contribution in [0.3, 0.4) is 0 Å². The minimum atomic E-state index is 0.630. The third-order valence-corrected chi connectivity index (χ3v) is 4.16. The Labute approximate surface area is 107 Å². The van der Waals surface area contributed by atoms with Crippen LogP contribution in [0.2, 0.25) is 0 Å². The van der Waals surface area contributed by atoms with Crippen LogP contribution in [-0.4, -0.2) is 50.3 Å². The summed E-state index contributed by atoms with van der Waals surface area (Å²) in [6.07, 6.45) is 1.28. The van der Waals surface area contributed by atoms with E-state index in [1.54, 1.807) is 7.11 Å². The third-order valence-electron chi connectivity index (χ3n) is 4.16. The van der Waals surface area contributed by atoms with Crippen molar-refractivity contribution in [1.82, 2.24) is 10.2 Å². The molecule has 1 saturated heterocycles. The van der Waals surface area contributed by atoms with Crippen LogP contribution in [0, 0.1) is 11.8 Å². The summed E-state index contributed by atoms with van der Waals surface area (Å²) >= 11 is 0. The Morgan fingerprint density at radius 3 is 2.71 bits per heavy atom. The van der Waals surface area contributed by atoms with Crippen molar-refractivity contribution in [2.75, 3.05) is 33.4 Å². The molecule has 1 rings (SSSR count). The maximum atomic E-state index is 5.23. The quantitative estimate of drug-likeness (QED) is 0.771. The highest BCUT2D eigenvalue weighted by molar-refractivity contribution is 4.88. The van der Waals surface area contributed by atoms with Crippen LogP contribution in [-0.2, 0) is 4.74 Å². The molecule has 4 atom stereocenters. The number of hydrogen-bond acceptors (Lipinski definition) is 3. The van der Waals surface area contributed by atoms with E-state index in [0.29, 0.717) is 18.0 Å². The Balaban J connectivity index is 2.44. The van der Waals surface area contributed by atoms with Crippen LogP contribution in [0.15, 0.2) is 0 Å². The Morgan fingerprint density at radius 1 is 1.41 bits per heavy atom. The first-order chi connectivity index (χ1) is 8.10. The lowest BCUT2D eigenvalue weighted by Gasteiger charge is -2.44. The minimum absolute atomic E-state index is 0.630. The fraction of sp³-hybridized carbons (Fsp3) is 1.00. The lowest BCUT2D eigenvalue weighted by Crippen LogP contribution is -2.54. The molecule has 0 aliphatic carbocycles. The highest BCUT2D eigenvalue weighted by atomic mass is 16.5. The van der Waals surface area contributed by atoms with Gasteiger partial charge in [0.15, 0.2) is 0 Å². The van der Waals surface area contributed by atoms with Crippen molar-refractivity contribution in [2.45, 2.75) is 46.2 Å². The molecular weight excluding hydrogens is 212 g/mol. The topological polar surface area (TPSA) is 24.5 Å². The second-order valence-electron chi connectivity index (χ2n) is 5.61. The zero-order valence-electron chi connectivity index (χ0n) is 12.2. The first-order valence-corrected chi connectivity index (χ1v) is 7.06. The van der Waals surface area contributed by atoms with Gasteiger partial charge in [0.2, 0.25) is 0 Å². The predicted molar refractivity (Wildman–Crippen MR) is 73.3 cm³/mol. The van der Waals surface area contributed by atoms with Gasteiger partial charge < -0.3 is 10.1 Å². The molecule has 3 heteroatoms. The summed E-state index contributed by atoms with van der Waals surface area (Å²) in [6, 6.07) is 1.37. The molecule has 3 nitrogen and oxygen atoms in total. The molecule has 0 spiro atoms. The fourth-order valence-electron chi connectivity index (χ4n) is 2.99. The molecule has 0 saturated carbocycles. The van der Waals surface area contributed by atoms with E-state index in [-0.39, 0.29) is 0 Å². The number of nitrogens with zero attached hydrogens (tertiary/aromatic N) is 1. The molecule has 102 valence electrons. The number of likely N-dealkylation sites (tertiary alicyclic amines) is 1. The van der Waals surface area contributed by atoms with Gasteiger partial charge in [-0.2, -0.15) is 0 Å². The van der Waals surface area contributed by atoms with Crippen molar-refractivity contribution in [3.8, 4) is 0 Å². The highest BCUT2D eigenvalue weighted by Crippen LogP contribution is 2.24. The molecule has 0 aromatic heterocycles. The summed E-state index contributed by atoms with van der Waals surface area (Å²) in [4.78, 5) is 2.63. The van der Waals surface area contributed by atoms with E-state index >= 15 is 0 Å². The first kappa shape index (κ1) is 14.9. The van der Waals surface area contributed by atoms with Gasteiger partial charge in [-0.15, -0.1) is 0 Å². The molecule has 1 heterocycles. The van der Waals surface area contributed by atoms with Gasteiger partial charge in [-0.25, -0.2) is 0 Å². The number of ether oxygens (including phenoxy) is 1. The van der Waals surface area contributed by atoms with Gasteiger partial charge in [-0.3, -0.25) is 4.90 Å². The Hall–Kier alpha value is -0.120. The molecule has 0 aromatic carbocycles. The molecule has 0 bridgehead atoms. The Kier molecular flexibility index (Phi) is 6.45. The van der Waals surface area contributed by atoms with E-state index in [2.05, 4.69) is 37.9 Å². The number of hydrogen-bond donors (Lipinski definition) is 1. The Morgan fingerprint density at radius 2 is 2.12 bits per heavy atom. The first-order valence-electron chi connectivity index (χ1n) is 7.06. The average Bonchev–Trinajstić information content (AvgIpc) is 2.29. The van der Waals surface area contributed by atoms with Crippen LogP contribution in [0.1, 0.15) is 34.1 Å². The van der Waals surface area contributed by atoms with Crippen LogP contribution >= 0.6 is 0 Å². The molecule has 1 aliphatic rings. The molecule has 1 fully saturated rings. The SMILES string of the molecule is CCNC1CCN(CC(C)COC)C(C)C1C. The van der Waals surface area contributed by atoms with Gasteiger partial charge in [0.25, 0.3) is 0 Å². The largest absolute Gasteiger partial charge is 0.384 e. The zero-order chi connectivity index (χ0) is 12.8. The molecule has 0 amide bonds. The summed E-state index contributed by atoms with van der Waals surface area (Å²) in [7, 11) is 1.79. The smallest absolute Gasteiger partial charge is 0.0500 e. The van der Waals surface area contributed by atoms with Gasteiger partial charge in [0, 0.05) is 32.3 Å². The molecule has 1 N–H and O–H groups in total. The predicted octanol–water partition coefficient (Wildman–Crippen LogP) is 1.98. The van der Waals surface area contributed by atoms with Gasteiger partial charge in [-0.05, 0) is 38.3 Å². The average molecular weight is 242 g/mol. The van der Waals surface area contributed by atoms with Crippen LogP contribution in [0.4, 0.5) is 0 Å². The second-order valence-corrected chi connectivity index (χ2v) is 5.61. The maximum Gasteiger partial charge on any atom is 0.0500 e. The van der Waals surface area contributed by atoms with Crippen molar-refractivity contribution < 1.29 is 4.74 Å². The molecule has 0 radical (unpaired) electrons. The van der Waals surface area contributed by atoms with E-state index in [9.17, 15) is 0 Å². The normalized spacial score (nSPS) is 32.6. The fourth-order valence-corrected chi connectivity index (χ4v) is 2.99. The van der Waals surface area contributed by atoms with Crippen molar-refractivity contribution >= 4 is 0 Å². The van der Waals surface area contributed by atoms with Crippen molar-refractivity contribution in [1.29, 1.82) is 0 Å². The van der Waals surface area contributed by atoms with Crippen molar-refractivity contribution in [3.63, 3.8) is 0 Å². The second kappa shape index (κ2) is 7.34. The monoisotopic (exact) mass is 242 g/mol. The van der Waals surface area contributed by atoms with Gasteiger partial charge in [-0.1, -0.05) is 20.8 Å². The van der Waals surface area contributed by atoms with Crippen molar-refractivity contribution in [2.24, 2.45) is 11.8 Å². The zero-order valence-corrected chi connectivity index (χ0v) is 12.2.